The van der Waals surface area contributed by atoms with Crippen molar-refractivity contribution in [2.75, 3.05) is 0 Å². The van der Waals surface area contributed by atoms with Crippen LogP contribution in [0.3, 0.4) is 0 Å². The molecule has 0 amide bonds. The lowest BCUT2D eigenvalue weighted by Gasteiger charge is -2.19. The highest BCUT2D eigenvalue weighted by Crippen LogP contribution is 2.33. The maximum atomic E-state index is 12.2. The Bertz CT molecular complexity index is 425. The Morgan fingerprint density at radius 3 is 1.52 bits per heavy atom. The molecule has 0 fully saturated rings. The fraction of sp³-hybridized carbons (Fsp3) is 0.647. The van der Waals surface area contributed by atoms with E-state index in [2.05, 4.69) is 13.8 Å². The van der Waals surface area contributed by atoms with Crippen molar-refractivity contribution in [3.05, 3.63) is 23.3 Å². The Morgan fingerprint density at radius 2 is 1.24 bits per heavy atom. The summed E-state index contributed by atoms with van der Waals surface area (Å²) < 4.78 is 10.5. The number of allylic oxidation sites excluding steroid dienone is 2. The second kappa shape index (κ2) is 6.92. The monoisotopic (exact) mass is 294 g/mol. The fourth-order valence-electron chi connectivity index (χ4n) is 2.00. The molecule has 4 nitrogen and oxygen atoms in total. The van der Waals surface area contributed by atoms with Gasteiger partial charge in [-0.05, 0) is 46.0 Å². The zero-order chi connectivity index (χ0) is 16.2. The molecule has 4 heteroatoms. The largest absolute Gasteiger partial charge is 0.459 e. The van der Waals surface area contributed by atoms with E-state index in [1.165, 1.54) is 0 Å². The van der Waals surface area contributed by atoms with Gasteiger partial charge in [0.25, 0.3) is 0 Å². The second-order valence-electron chi connectivity index (χ2n) is 6.72. The minimum absolute atomic E-state index is 0.00320. The maximum absolute atomic E-state index is 12.2. The van der Waals surface area contributed by atoms with Crippen LogP contribution in [0.4, 0.5) is 0 Å². The molecule has 21 heavy (non-hydrogen) atoms. The molecule has 0 aromatic heterocycles. The summed E-state index contributed by atoms with van der Waals surface area (Å²) in [4.78, 5) is 24.5. The molecule has 0 saturated heterocycles. The molecular formula is C17H26O4. The molecule has 0 radical (unpaired) electrons. The first kappa shape index (κ1) is 17.5. The number of carbonyl (C=O) groups excluding carboxylic acids is 2. The first-order valence-electron chi connectivity index (χ1n) is 7.45. The van der Waals surface area contributed by atoms with Crippen LogP contribution in [0, 0.1) is 5.41 Å². The SMILES string of the molecule is CC(C)OC(=O)C1=CCC(C)(C)CC=C1C(=O)OC(C)C. The van der Waals surface area contributed by atoms with Gasteiger partial charge in [-0.1, -0.05) is 26.0 Å². The average molecular weight is 294 g/mol. The van der Waals surface area contributed by atoms with Crippen molar-refractivity contribution >= 4 is 11.9 Å². The highest BCUT2D eigenvalue weighted by molar-refractivity contribution is 6.07. The summed E-state index contributed by atoms with van der Waals surface area (Å²) in [5.74, 6) is -0.927. The van der Waals surface area contributed by atoms with E-state index in [1.54, 1.807) is 39.8 Å². The molecule has 0 saturated carbocycles. The number of hydrogen-bond acceptors (Lipinski definition) is 4. The van der Waals surface area contributed by atoms with Crippen molar-refractivity contribution in [3.8, 4) is 0 Å². The Kier molecular flexibility index (Phi) is 5.76. The van der Waals surface area contributed by atoms with E-state index in [0.717, 1.165) is 0 Å². The Hall–Kier alpha value is -1.58. The Labute approximate surface area is 127 Å². The van der Waals surface area contributed by atoms with Gasteiger partial charge in [-0.3, -0.25) is 0 Å². The van der Waals surface area contributed by atoms with Crippen LogP contribution >= 0.6 is 0 Å². The third-order valence-electron chi connectivity index (χ3n) is 3.13. The number of carbonyl (C=O) groups is 2. The normalized spacial score (nSPS) is 17.9. The predicted molar refractivity (Wildman–Crippen MR) is 81.6 cm³/mol. The van der Waals surface area contributed by atoms with Gasteiger partial charge in [0.2, 0.25) is 0 Å². The van der Waals surface area contributed by atoms with Crippen molar-refractivity contribution in [3.63, 3.8) is 0 Å². The molecule has 118 valence electrons. The molecule has 0 aromatic rings. The predicted octanol–water partition coefficient (Wildman–Crippen LogP) is 3.56. The lowest BCUT2D eigenvalue weighted by atomic mass is 9.86. The van der Waals surface area contributed by atoms with E-state index in [-0.39, 0.29) is 17.6 Å². The highest BCUT2D eigenvalue weighted by atomic mass is 16.5. The Morgan fingerprint density at radius 1 is 0.905 bits per heavy atom. The van der Waals surface area contributed by atoms with Crippen molar-refractivity contribution in [2.45, 2.75) is 66.6 Å². The molecule has 1 aliphatic rings. The van der Waals surface area contributed by atoms with Crippen LogP contribution in [0.15, 0.2) is 23.3 Å². The van der Waals surface area contributed by atoms with Crippen molar-refractivity contribution in [2.24, 2.45) is 5.41 Å². The standard InChI is InChI=1S/C17H26O4/c1-11(2)20-15(18)13-7-9-17(5,6)10-8-14(13)16(19)21-12(3)4/h7-8,11-12H,9-10H2,1-6H3. The molecule has 1 rings (SSSR count). The summed E-state index contributed by atoms with van der Waals surface area (Å²) in [5, 5.41) is 0. The summed E-state index contributed by atoms with van der Waals surface area (Å²) in [7, 11) is 0. The quantitative estimate of drug-likeness (QED) is 0.744. The van der Waals surface area contributed by atoms with E-state index < -0.39 is 11.9 Å². The second-order valence-corrected chi connectivity index (χ2v) is 6.72. The molecule has 0 atom stereocenters. The van der Waals surface area contributed by atoms with Gasteiger partial charge < -0.3 is 9.47 Å². The first-order chi connectivity index (χ1) is 9.62. The van der Waals surface area contributed by atoms with Gasteiger partial charge in [-0.15, -0.1) is 0 Å². The number of esters is 2. The van der Waals surface area contributed by atoms with Crippen molar-refractivity contribution in [1.29, 1.82) is 0 Å². The molecule has 0 bridgehead atoms. The van der Waals surface area contributed by atoms with Gasteiger partial charge in [0.05, 0.1) is 23.4 Å². The molecule has 0 aromatic carbocycles. The molecule has 0 heterocycles. The van der Waals surface area contributed by atoms with Crippen LogP contribution < -0.4 is 0 Å². The van der Waals surface area contributed by atoms with E-state index in [9.17, 15) is 9.59 Å². The molecule has 1 aliphatic carbocycles. The van der Waals surface area contributed by atoms with Crippen LogP contribution in [-0.4, -0.2) is 24.1 Å². The van der Waals surface area contributed by atoms with Gasteiger partial charge in [-0.2, -0.15) is 0 Å². The summed E-state index contributed by atoms with van der Waals surface area (Å²) in [5.41, 5.74) is 0.642. The highest BCUT2D eigenvalue weighted by Gasteiger charge is 2.29. The lowest BCUT2D eigenvalue weighted by Crippen LogP contribution is -2.21. The van der Waals surface area contributed by atoms with Crippen LogP contribution in [-0.2, 0) is 19.1 Å². The molecule has 0 unspecified atom stereocenters. The van der Waals surface area contributed by atoms with E-state index >= 15 is 0 Å². The molecule has 0 aliphatic heterocycles. The van der Waals surface area contributed by atoms with E-state index in [1.807, 2.05) is 0 Å². The third kappa shape index (κ3) is 5.37. The summed E-state index contributed by atoms with van der Waals surface area (Å²) in [6.45, 7) is 11.3. The average Bonchev–Trinajstić information content (AvgIpc) is 2.45. The van der Waals surface area contributed by atoms with E-state index in [0.29, 0.717) is 24.0 Å². The van der Waals surface area contributed by atoms with Crippen LogP contribution in [0.25, 0.3) is 0 Å². The van der Waals surface area contributed by atoms with Gasteiger partial charge in [0.1, 0.15) is 0 Å². The molecule has 0 N–H and O–H groups in total. The minimum atomic E-state index is -0.463. The third-order valence-corrected chi connectivity index (χ3v) is 3.13. The molecular weight excluding hydrogens is 268 g/mol. The fourth-order valence-corrected chi connectivity index (χ4v) is 2.00. The topological polar surface area (TPSA) is 52.6 Å². The van der Waals surface area contributed by atoms with Crippen LogP contribution in [0.5, 0.6) is 0 Å². The van der Waals surface area contributed by atoms with Gasteiger partial charge >= 0.3 is 11.9 Å². The van der Waals surface area contributed by atoms with Gasteiger partial charge in [0, 0.05) is 0 Å². The van der Waals surface area contributed by atoms with Crippen LogP contribution in [0.1, 0.15) is 54.4 Å². The molecule has 0 spiro atoms. The Balaban J connectivity index is 3.10. The summed E-state index contributed by atoms with van der Waals surface area (Å²) in [6, 6.07) is 0. The van der Waals surface area contributed by atoms with E-state index in [4.69, 9.17) is 9.47 Å². The zero-order valence-electron chi connectivity index (χ0n) is 13.9. The van der Waals surface area contributed by atoms with Crippen molar-refractivity contribution < 1.29 is 19.1 Å². The summed E-state index contributed by atoms with van der Waals surface area (Å²) >= 11 is 0. The number of rotatable bonds is 4. The first-order valence-corrected chi connectivity index (χ1v) is 7.45. The summed E-state index contributed by atoms with van der Waals surface area (Å²) in [6.07, 6.45) is 4.57. The van der Waals surface area contributed by atoms with Crippen LogP contribution in [0.2, 0.25) is 0 Å². The van der Waals surface area contributed by atoms with Gasteiger partial charge in [0.15, 0.2) is 0 Å². The lowest BCUT2D eigenvalue weighted by molar-refractivity contribution is -0.146. The number of ether oxygens (including phenoxy) is 2. The number of hydrogen-bond donors (Lipinski definition) is 0. The minimum Gasteiger partial charge on any atom is -0.459 e. The zero-order valence-corrected chi connectivity index (χ0v) is 13.9. The smallest absolute Gasteiger partial charge is 0.338 e. The van der Waals surface area contributed by atoms with Gasteiger partial charge in [-0.25, -0.2) is 9.59 Å². The maximum Gasteiger partial charge on any atom is 0.338 e. The van der Waals surface area contributed by atoms with Crippen molar-refractivity contribution in [1.82, 2.24) is 0 Å².